The Labute approximate surface area is 219 Å². The topological polar surface area (TPSA) is 78.5 Å². The van der Waals surface area contributed by atoms with Gasteiger partial charge >= 0.3 is 6.18 Å². The molecule has 3 aromatic rings. The highest BCUT2D eigenvalue weighted by Crippen LogP contribution is 2.34. The molecular formula is C28H30F3N5O2. The van der Waals surface area contributed by atoms with E-state index in [0.29, 0.717) is 18.8 Å². The van der Waals surface area contributed by atoms with E-state index in [4.69, 9.17) is 4.74 Å². The number of benzene rings is 2. The van der Waals surface area contributed by atoms with Crippen LogP contribution in [0.5, 0.6) is 5.75 Å². The maximum Gasteiger partial charge on any atom is 0.416 e. The van der Waals surface area contributed by atoms with Gasteiger partial charge in [-0.2, -0.15) is 13.2 Å². The van der Waals surface area contributed by atoms with E-state index in [-0.39, 0.29) is 24.4 Å². The van der Waals surface area contributed by atoms with Gasteiger partial charge in [0, 0.05) is 62.8 Å². The van der Waals surface area contributed by atoms with Crippen molar-refractivity contribution >= 4 is 23.5 Å². The molecule has 0 radical (unpaired) electrons. The molecule has 200 valence electrons. The second-order valence-corrected chi connectivity index (χ2v) is 8.87. The van der Waals surface area contributed by atoms with Gasteiger partial charge in [-0.15, -0.1) is 0 Å². The number of hydrogen-bond donors (Lipinski definition) is 3. The van der Waals surface area contributed by atoms with Crippen LogP contribution in [0.3, 0.4) is 0 Å². The first-order chi connectivity index (χ1) is 18.3. The third-order valence-corrected chi connectivity index (χ3v) is 6.23. The number of carbonyl (C=O) groups is 1. The molecular weight excluding hydrogens is 495 g/mol. The number of hydrogen-bond acceptors (Lipinski definition) is 6. The third-order valence-electron chi connectivity index (χ3n) is 6.23. The Hall–Kier alpha value is -3.89. The van der Waals surface area contributed by atoms with Gasteiger partial charge in [0.25, 0.3) is 5.91 Å². The van der Waals surface area contributed by atoms with Crippen LogP contribution in [0.1, 0.15) is 16.7 Å². The number of nitrogens with one attached hydrogen (secondary N) is 3. The number of piperazine rings is 1. The minimum Gasteiger partial charge on any atom is -0.484 e. The molecule has 0 unspecified atom stereocenters. The van der Waals surface area contributed by atoms with E-state index in [0.717, 1.165) is 41.7 Å². The Morgan fingerprint density at radius 2 is 1.87 bits per heavy atom. The van der Waals surface area contributed by atoms with Crippen molar-refractivity contribution in [2.45, 2.75) is 12.7 Å². The van der Waals surface area contributed by atoms with Crippen LogP contribution in [-0.2, 0) is 17.5 Å². The van der Waals surface area contributed by atoms with E-state index in [9.17, 15) is 18.0 Å². The number of carbonyl (C=O) groups excluding carboxylic acids is 1. The second kappa shape index (κ2) is 12.1. The maximum absolute atomic E-state index is 13.7. The zero-order chi connectivity index (χ0) is 27.1. The minimum atomic E-state index is -4.53. The van der Waals surface area contributed by atoms with Gasteiger partial charge < -0.3 is 20.7 Å². The number of anilines is 2. The first-order valence-electron chi connectivity index (χ1n) is 12.2. The summed E-state index contributed by atoms with van der Waals surface area (Å²) in [5.41, 5.74) is 2.17. The summed E-state index contributed by atoms with van der Waals surface area (Å²) in [6.45, 7) is 6.52. The molecule has 1 aromatic heterocycles. The van der Waals surface area contributed by atoms with Crippen molar-refractivity contribution in [1.29, 1.82) is 0 Å². The molecule has 0 aliphatic carbocycles. The smallest absolute Gasteiger partial charge is 0.416 e. The molecule has 0 bridgehead atoms. The van der Waals surface area contributed by atoms with E-state index in [1.165, 1.54) is 12.1 Å². The fourth-order valence-electron chi connectivity index (χ4n) is 4.26. The van der Waals surface area contributed by atoms with Crippen molar-refractivity contribution in [3.63, 3.8) is 0 Å². The Morgan fingerprint density at radius 3 is 2.53 bits per heavy atom. The first-order valence-corrected chi connectivity index (χ1v) is 12.2. The van der Waals surface area contributed by atoms with Crippen molar-refractivity contribution in [1.82, 2.24) is 15.2 Å². The van der Waals surface area contributed by atoms with E-state index >= 15 is 0 Å². The van der Waals surface area contributed by atoms with Gasteiger partial charge in [0.15, 0.2) is 6.61 Å². The SMILES string of the molecule is C=Cc1cc(-c2ccc(OCC(=O)Nc3ccc(CN4CCNCC4)c(C(F)(F)F)c3)cc2)cnc1NC. The normalized spacial score (nSPS) is 14.1. The Kier molecular flexibility index (Phi) is 8.65. The lowest BCUT2D eigenvalue weighted by atomic mass is 10.0. The van der Waals surface area contributed by atoms with Crippen LogP contribution in [0, 0.1) is 0 Å². The minimum absolute atomic E-state index is 0.0703. The van der Waals surface area contributed by atoms with Gasteiger partial charge in [-0.1, -0.05) is 30.9 Å². The molecule has 4 rings (SSSR count). The summed E-state index contributed by atoms with van der Waals surface area (Å²) in [5, 5.41) is 8.70. The molecule has 0 saturated carbocycles. The largest absolute Gasteiger partial charge is 0.484 e. The lowest BCUT2D eigenvalue weighted by Gasteiger charge is -2.28. The van der Waals surface area contributed by atoms with Gasteiger partial charge in [-0.3, -0.25) is 9.69 Å². The molecule has 2 heterocycles. The molecule has 10 heteroatoms. The van der Waals surface area contributed by atoms with Crippen LogP contribution in [0.4, 0.5) is 24.7 Å². The predicted octanol–water partition coefficient (Wildman–Crippen LogP) is 4.87. The highest BCUT2D eigenvalue weighted by molar-refractivity contribution is 5.92. The summed E-state index contributed by atoms with van der Waals surface area (Å²) in [6.07, 6.45) is -1.07. The predicted molar refractivity (Wildman–Crippen MR) is 143 cm³/mol. The summed E-state index contributed by atoms with van der Waals surface area (Å²) in [6, 6.07) is 13.0. The number of rotatable bonds is 9. The number of amides is 1. The zero-order valence-electron chi connectivity index (χ0n) is 21.1. The summed E-state index contributed by atoms with van der Waals surface area (Å²) in [5.74, 6) is 0.626. The summed E-state index contributed by atoms with van der Waals surface area (Å²) in [4.78, 5) is 18.8. The van der Waals surface area contributed by atoms with Crippen LogP contribution in [-0.4, -0.2) is 55.6 Å². The average molecular weight is 526 g/mol. The lowest BCUT2D eigenvalue weighted by molar-refractivity contribution is -0.138. The fraction of sp³-hybridized carbons (Fsp3) is 0.286. The third kappa shape index (κ3) is 6.90. The number of nitrogens with zero attached hydrogens (tertiary/aromatic N) is 2. The monoisotopic (exact) mass is 525 g/mol. The van der Waals surface area contributed by atoms with Crippen LogP contribution in [0.15, 0.2) is 61.3 Å². The van der Waals surface area contributed by atoms with E-state index in [1.54, 1.807) is 31.5 Å². The van der Waals surface area contributed by atoms with Crippen LogP contribution in [0.25, 0.3) is 17.2 Å². The van der Waals surface area contributed by atoms with Crippen molar-refractivity contribution in [2.24, 2.45) is 0 Å². The van der Waals surface area contributed by atoms with Gasteiger partial charge in [-0.25, -0.2) is 4.98 Å². The van der Waals surface area contributed by atoms with Crippen LogP contribution < -0.4 is 20.7 Å². The molecule has 2 aromatic carbocycles. The molecule has 0 spiro atoms. The summed E-state index contributed by atoms with van der Waals surface area (Å²) in [7, 11) is 1.79. The highest BCUT2D eigenvalue weighted by atomic mass is 19.4. The number of pyridine rings is 1. The molecule has 0 atom stereocenters. The van der Waals surface area contributed by atoms with Crippen molar-refractivity contribution < 1.29 is 22.7 Å². The van der Waals surface area contributed by atoms with Crippen molar-refractivity contribution in [3.8, 4) is 16.9 Å². The van der Waals surface area contributed by atoms with Gasteiger partial charge in [0.05, 0.1) is 5.56 Å². The molecule has 1 fully saturated rings. The van der Waals surface area contributed by atoms with Gasteiger partial charge in [0.1, 0.15) is 11.6 Å². The molecule has 3 N–H and O–H groups in total. The molecule has 38 heavy (non-hydrogen) atoms. The van der Waals surface area contributed by atoms with Crippen LogP contribution >= 0.6 is 0 Å². The van der Waals surface area contributed by atoms with Gasteiger partial charge in [-0.05, 0) is 41.5 Å². The quantitative estimate of drug-likeness (QED) is 0.370. The molecule has 7 nitrogen and oxygen atoms in total. The van der Waals surface area contributed by atoms with Crippen molar-refractivity contribution in [2.75, 3.05) is 50.5 Å². The van der Waals surface area contributed by atoms with Gasteiger partial charge in [0.2, 0.25) is 0 Å². The molecule has 1 saturated heterocycles. The van der Waals surface area contributed by atoms with Crippen molar-refractivity contribution in [3.05, 3.63) is 78.0 Å². The standard InChI is InChI=1S/C28H30F3N5O2/c1-3-19-14-22(16-34-27(19)32-2)20-5-8-24(9-6-20)38-18-26(37)35-23-7-4-21(25(15-23)28(29,30)31)17-36-12-10-33-11-13-36/h3-9,14-16,33H,1,10-13,17-18H2,2H3,(H,32,34)(H,35,37). The number of ether oxygens (including phenoxy) is 1. The number of aromatic nitrogens is 1. The van der Waals surface area contributed by atoms with E-state index in [2.05, 4.69) is 27.5 Å². The molecule has 1 aliphatic heterocycles. The molecule has 1 amide bonds. The summed E-state index contributed by atoms with van der Waals surface area (Å²) < 4.78 is 46.8. The Bertz CT molecular complexity index is 1270. The highest BCUT2D eigenvalue weighted by Gasteiger charge is 2.34. The maximum atomic E-state index is 13.7. The zero-order valence-corrected chi connectivity index (χ0v) is 21.1. The Balaban J connectivity index is 1.37. The fourth-order valence-corrected chi connectivity index (χ4v) is 4.26. The first kappa shape index (κ1) is 27.2. The van der Waals surface area contributed by atoms with E-state index in [1.807, 2.05) is 23.1 Å². The second-order valence-electron chi connectivity index (χ2n) is 8.87. The average Bonchev–Trinajstić information content (AvgIpc) is 2.92. The summed E-state index contributed by atoms with van der Waals surface area (Å²) >= 11 is 0. The number of alkyl halides is 3. The van der Waals surface area contributed by atoms with E-state index < -0.39 is 17.6 Å². The van der Waals surface area contributed by atoms with Crippen LogP contribution in [0.2, 0.25) is 0 Å². The lowest BCUT2D eigenvalue weighted by Crippen LogP contribution is -2.43. The molecule has 1 aliphatic rings. The number of halogens is 3. The Morgan fingerprint density at radius 1 is 1.13 bits per heavy atom.